The molecule has 0 amide bonds. The Morgan fingerprint density at radius 3 is 2.86 bits per heavy atom. The fourth-order valence-corrected chi connectivity index (χ4v) is 1.08. The average molecular weight is 193 g/mol. The zero-order chi connectivity index (χ0) is 10.6. The topological polar surface area (TPSA) is 52.8 Å². The van der Waals surface area contributed by atoms with Crippen molar-refractivity contribution in [3.05, 3.63) is 29.3 Å². The van der Waals surface area contributed by atoms with Crippen molar-refractivity contribution in [3.8, 4) is 5.75 Å². The number of hydrogen-bond acceptors (Lipinski definition) is 3. The molecule has 0 spiro atoms. The Morgan fingerprint density at radius 1 is 1.50 bits per heavy atom. The van der Waals surface area contributed by atoms with Gasteiger partial charge in [-0.25, -0.2) is 0 Å². The molecule has 1 aromatic rings. The first-order chi connectivity index (χ1) is 6.59. The second-order valence-electron chi connectivity index (χ2n) is 3.41. The second-order valence-corrected chi connectivity index (χ2v) is 3.41. The number of aliphatic imine (C=N–C) groups is 1. The van der Waals surface area contributed by atoms with E-state index in [1.54, 1.807) is 19.2 Å². The zero-order valence-corrected chi connectivity index (χ0v) is 8.44. The highest BCUT2D eigenvalue weighted by molar-refractivity contribution is 5.83. The minimum Gasteiger partial charge on any atom is -0.507 e. The lowest BCUT2D eigenvalue weighted by atomic mass is 10.1. The van der Waals surface area contributed by atoms with Gasteiger partial charge in [0.25, 0.3) is 0 Å². The Labute approximate surface area is 83.7 Å². The summed E-state index contributed by atoms with van der Waals surface area (Å²) in [6.07, 6.45) is 1.13. The maximum atomic E-state index is 9.45. The molecule has 1 rings (SSSR count). The molecule has 1 unspecified atom stereocenters. The number of aliphatic hydroxyl groups is 1. The van der Waals surface area contributed by atoms with E-state index in [0.29, 0.717) is 12.1 Å². The van der Waals surface area contributed by atoms with Crippen LogP contribution in [0.4, 0.5) is 0 Å². The van der Waals surface area contributed by atoms with Crippen molar-refractivity contribution in [1.29, 1.82) is 0 Å². The van der Waals surface area contributed by atoms with Crippen molar-refractivity contribution < 1.29 is 10.2 Å². The Hall–Kier alpha value is -1.35. The molecule has 1 aromatic carbocycles. The summed E-state index contributed by atoms with van der Waals surface area (Å²) in [5.74, 6) is 0.213. The molecule has 0 bridgehead atoms. The standard InChI is InChI=1S/C11H15NO2/c1-8-3-4-11(14)10(5-8)7-12-6-9(2)13/h3-5,7,9,13-14H,6H2,1-2H3. The van der Waals surface area contributed by atoms with Crippen LogP contribution in [0, 0.1) is 6.92 Å². The number of aliphatic hydroxyl groups excluding tert-OH is 1. The Balaban J connectivity index is 2.75. The Kier molecular flexibility index (Phi) is 3.65. The first kappa shape index (κ1) is 10.7. The fraction of sp³-hybridized carbons (Fsp3) is 0.364. The largest absolute Gasteiger partial charge is 0.507 e. The summed E-state index contributed by atoms with van der Waals surface area (Å²) < 4.78 is 0. The molecule has 0 saturated heterocycles. The van der Waals surface area contributed by atoms with Gasteiger partial charge in [0, 0.05) is 11.8 Å². The molecule has 0 aliphatic heterocycles. The number of phenols is 1. The Bertz CT molecular complexity index is 332. The molecule has 3 heteroatoms. The third-order valence-corrected chi connectivity index (χ3v) is 1.78. The first-order valence-corrected chi connectivity index (χ1v) is 4.57. The number of phenolic OH excluding ortho intramolecular Hbond substituents is 1. The molecule has 14 heavy (non-hydrogen) atoms. The maximum Gasteiger partial charge on any atom is 0.124 e. The summed E-state index contributed by atoms with van der Waals surface area (Å²) in [5.41, 5.74) is 1.76. The number of rotatable bonds is 3. The number of hydrogen-bond donors (Lipinski definition) is 2. The summed E-state index contributed by atoms with van der Waals surface area (Å²) in [5, 5.41) is 18.4. The minimum atomic E-state index is -0.446. The monoisotopic (exact) mass is 193 g/mol. The molecule has 0 saturated carbocycles. The lowest BCUT2D eigenvalue weighted by Gasteiger charge is -2.00. The van der Waals surface area contributed by atoms with Crippen molar-refractivity contribution in [2.24, 2.45) is 4.99 Å². The lowest BCUT2D eigenvalue weighted by Crippen LogP contribution is -2.03. The molecule has 76 valence electrons. The first-order valence-electron chi connectivity index (χ1n) is 4.57. The number of nitrogens with zero attached hydrogens (tertiary/aromatic N) is 1. The number of benzene rings is 1. The summed E-state index contributed by atoms with van der Waals surface area (Å²) in [6.45, 7) is 3.98. The maximum absolute atomic E-state index is 9.45. The van der Waals surface area contributed by atoms with E-state index >= 15 is 0 Å². The van der Waals surface area contributed by atoms with E-state index in [1.807, 2.05) is 19.1 Å². The highest BCUT2D eigenvalue weighted by atomic mass is 16.3. The van der Waals surface area contributed by atoms with Crippen LogP contribution < -0.4 is 0 Å². The summed E-state index contributed by atoms with van der Waals surface area (Å²) in [7, 11) is 0. The van der Waals surface area contributed by atoms with E-state index in [4.69, 9.17) is 5.11 Å². The van der Waals surface area contributed by atoms with Gasteiger partial charge in [-0.05, 0) is 26.0 Å². The lowest BCUT2D eigenvalue weighted by molar-refractivity contribution is 0.204. The third kappa shape index (κ3) is 3.18. The normalized spacial score (nSPS) is 13.4. The van der Waals surface area contributed by atoms with E-state index in [0.717, 1.165) is 5.56 Å². The number of aromatic hydroxyl groups is 1. The molecule has 0 aliphatic carbocycles. The van der Waals surface area contributed by atoms with Gasteiger partial charge in [-0.1, -0.05) is 11.6 Å². The van der Waals surface area contributed by atoms with Gasteiger partial charge in [0.2, 0.25) is 0 Å². The fourth-order valence-electron chi connectivity index (χ4n) is 1.08. The van der Waals surface area contributed by atoms with Gasteiger partial charge in [-0.3, -0.25) is 4.99 Å². The predicted molar refractivity (Wildman–Crippen MR) is 57.0 cm³/mol. The smallest absolute Gasteiger partial charge is 0.124 e. The van der Waals surface area contributed by atoms with Crippen LogP contribution in [0.25, 0.3) is 0 Å². The van der Waals surface area contributed by atoms with Crippen LogP contribution in [0.2, 0.25) is 0 Å². The molecule has 3 nitrogen and oxygen atoms in total. The van der Waals surface area contributed by atoms with E-state index in [9.17, 15) is 5.11 Å². The molecule has 2 N–H and O–H groups in total. The van der Waals surface area contributed by atoms with Crippen LogP contribution in [0.3, 0.4) is 0 Å². The SMILES string of the molecule is Cc1ccc(O)c(C=NCC(C)O)c1. The second kappa shape index (κ2) is 4.77. The molecule has 0 radical (unpaired) electrons. The molecule has 1 atom stereocenters. The van der Waals surface area contributed by atoms with Crippen molar-refractivity contribution in [1.82, 2.24) is 0 Å². The van der Waals surface area contributed by atoms with Gasteiger partial charge >= 0.3 is 0 Å². The van der Waals surface area contributed by atoms with E-state index in [1.165, 1.54) is 0 Å². The molecule has 0 heterocycles. The third-order valence-electron chi connectivity index (χ3n) is 1.78. The molecule has 0 aliphatic rings. The molecule has 0 aromatic heterocycles. The minimum absolute atomic E-state index is 0.213. The highest BCUT2D eigenvalue weighted by Crippen LogP contribution is 2.15. The van der Waals surface area contributed by atoms with E-state index < -0.39 is 6.10 Å². The van der Waals surface area contributed by atoms with Crippen LogP contribution in [0.1, 0.15) is 18.1 Å². The molecular formula is C11H15NO2. The van der Waals surface area contributed by atoms with Gasteiger partial charge in [0.15, 0.2) is 0 Å². The van der Waals surface area contributed by atoms with Crippen molar-refractivity contribution in [2.45, 2.75) is 20.0 Å². The van der Waals surface area contributed by atoms with Gasteiger partial charge in [0.1, 0.15) is 5.75 Å². The van der Waals surface area contributed by atoms with E-state index in [-0.39, 0.29) is 5.75 Å². The summed E-state index contributed by atoms with van der Waals surface area (Å²) >= 11 is 0. The number of aryl methyl sites for hydroxylation is 1. The van der Waals surface area contributed by atoms with Crippen LogP contribution >= 0.6 is 0 Å². The van der Waals surface area contributed by atoms with Gasteiger partial charge < -0.3 is 10.2 Å². The van der Waals surface area contributed by atoms with Crippen molar-refractivity contribution in [2.75, 3.05) is 6.54 Å². The quantitative estimate of drug-likeness (QED) is 0.715. The predicted octanol–water partition coefficient (Wildman–Crippen LogP) is 1.50. The van der Waals surface area contributed by atoms with Crippen LogP contribution in [0.15, 0.2) is 23.2 Å². The zero-order valence-electron chi connectivity index (χ0n) is 8.44. The van der Waals surface area contributed by atoms with Crippen LogP contribution in [0.5, 0.6) is 5.75 Å². The van der Waals surface area contributed by atoms with Gasteiger partial charge in [-0.2, -0.15) is 0 Å². The van der Waals surface area contributed by atoms with Gasteiger partial charge in [0.05, 0.1) is 12.6 Å². The van der Waals surface area contributed by atoms with Crippen LogP contribution in [-0.2, 0) is 0 Å². The van der Waals surface area contributed by atoms with E-state index in [2.05, 4.69) is 4.99 Å². The average Bonchev–Trinajstić information content (AvgIpc) is 2.10. The summed E-state index contributed by atoms with van der Waals surface area (Å²) in [4.78, 5) is 4.01. The molecular weight excluding hydrogens is 178 g/mol. The van der Waals surface area contributed by atoms with Crippen molar-refractivity contribution >= 4 is 6.21 Å². The van der Waals surface area contributed by atoms with Crippen LogP contribution in [-0.4, -0.2) is 29.1 Å². The Morgan fingerprint density at radius 2 is 2.21 bits per heavy atom. The van der Waals surface area contributed by atoms with Gasteiger partial charge in [-0.15, -0.1) is 0 Å². The molecule has 0 fully saturated rings. The van der Waals surface area contributed by atoms with Crippen molar-refractivity contribution in [3.63, 3.8) is 0 Å². The highest BCUT2D eigenvalue weighted by Gasteiger charge is 1.97. The summed E-state index contributed by atoms with van der Waals surface area (Å²) in [6, 6.07) is 5.32.